The maximum atomic E-state index is 12.6. The van der Waals surface area contributed by atoms with E-state index in [-0.39, 0.29) is 24.4 Å². The van der Waals surface area contributed by atoms with E-state index in [9.17, 15) is 4.79 Å². The van der Waals surface area contributed by atoms with Gasteiger partial charge in [-0.25, -0.2) is 0 Å². The standard InChI is InChI=1S/C14H20N2O3.ClH/c1-10-9-15-6-7-16(10)14(17)12-5-4-11(18-2)8-13(12)19-3;/h4-5,8,10,15H,6-7,9H2,1-3H3;1H/t10-;/m0./s1. The highest BCUT2D eigenvalue weighted by Gasteiger charge is 2.26. The van der Waals surface area contributed by atoms with Crippen molar-refractivity contribution in [2.24, 2.45) is 0 Å². The monoisotopic (exact) mass is 300 g/mol. The minimum absolute atomic E-state index is 0. The molecule has 6 heteroatoms. The number of nitrogens with zero attached hydrogens (tertiary/aromatic N) is 1. The summed E-state index contributed by atoms with van der Waals surface area (Å²) in [7, 11) is 3.15. The molecule has 0 bridgehead atoms. The highest BCUT2D eigenvalue weighted by molar-refractivity contribution is 5.97. The van der Waals surface area contributed by atoms with Gasteiger partial charge in [-0.3, -0.25) is 4.79 Å². The van der Waals surface area contributed by atoms with E-state index in [0.29, 0.717) is 17.1 Å². The number of halogens is 1. The zero-order chi connectivity index (χ0) is 13.8. The fraction of sp³-hybridized carbons (Fsp3) is 0.500. The number of hydrogen-bond acceptors (Lipinski definition) is 4. The van der Waals surface area contributed by atoms with Crippen molar-refractivity contribution in [3.8, 4) is 11.5 Å². The summed E-state index contributed by atoms with van der Waals surface area (Å²) in [5.74, 6) is 1.24. The lowest BCUT2D eigenvalue weighted by Crippen LogP contribution is -2.52. The second-order valence-electron chi connectivity index (χ2n) is 4.62. The smallest absolute Gasteiger partial charge is 0.257 e. The van der Waals surface area contributed by atoms with Gasteiger partial charge < -0.3 is 19.7 Å². The van der Waals surface area contributed by atoms with E-state index < -0.39 is 0 Å². The van der Waals surface area contributed by atoms with E-state index in [4.69, 9.17) is 9.47 Å². The minimum Gasteiger partial charge on any atom is -0.497 e. The van der Waals surface area contributed by atoms with Crippen LogP contribution in [0.2, 0.25) is 0 Å². The first kappa shape index (κ1) is 16.6. The van der Waals surface area contributed by atoms with Crippen molar-refractivity contribution in [3.63, 3.8) is 0 Å². The molecule has 1 aromatic rings. The molecule has 1 fully saturated rings. The molecule has 0 spiro atoms. The number of carbonyl (C=O) groups excluding carboxylic acids is 1. The van der Waals surface area contributed by atoms with E-state index in [1.54, 1.807) is 32.4 Å². The Morgan fingerprint density at radius 3 is 2.70 bits per heavy atom. The highest BCUT2D eigenvalue weighted by atomic mass is 35.5. The molecule has 1 aliphatic heterocycles. The maximum Gasteiger partial charge on any atom is 0.257 e. The van der Waals surface area contributed by atoms with Crippen molar-refractivity contribution < 1.29 is 14.3 Å². The molecule has 112 valence electrons. The predicted octanol–water partition coefficient (Wildman–Crippen LogP) is 1.56. The minimum atomic E-state index is 0. The van der Waals surface area contributed by atoms with Crippen LogP contribution in [0.5, 0.6) is 11.5 Å². The van der Waals surface area contributed by atoms with Crippen LogP contribution in [0.25, 0.3) is 0 Å². The van der Waals surface area contributed by atoms with Crippen molar-refractivity contribution in [3.05, 3.63) is 23.8 Å². The predicted molar refractivity (Wildman–Crippen MR) is 80.2 cm³/mol. The number of carbonyl (C=O) groups is 1. The topological polar surface area (TPSA) is 50.8 Å². The molecule has 20 heavy (non-hydrogen) atoms. The molecular formula is C14H21ClN2O3. The summed E-state index contributed by atoms with van der Waals surface area (Å²) in [6, 6.07) is 5.46. The van der Waals surface area contributed by atoms with Crippen LogP contribution >= 0.6 is 12.4 Å². The third-order valence-electron chi connectivity index (χ3n) is 3.40. The summed E-state index contributed by atoms with van der Waals surface area (Å²) in [4.78, 5) is 14.4. The summed E-state index contributed by atoms with van der Waals surface area (Å²) in [6.45, 7) is 4.41. The second kappa shape index (κ2) is 7.36. The lowest BCUT2D eigenvalue weighted by Gasteiger charge is -2.34. The molecule has 1 saturated heterocycles. The molecule has 0 unspecified atom stereocenters. The van der Waals surface area contributed by atoms with E-state index >= 15 is 0 Å². The largest absolute Gasteiger partial charge is 0.497 e. The Labute approximate surface area is 125 Å². The van der Waals surface area contributed by atoms with E-state index in [0.717, 1.165) is 19.6 Å². The summed E-state index contributed by atoms with van der Waals surface area (Å²) in [5.41, 5.74) is 0.581. The molecule has 0 saturated carbocycles. The number of nitrogens with one attached hydrogen (secondary N) is 1. The van der Waals surface area contributed by atoms with E-state index in [2.05, 4.69) is 5.32 Å². The molecule has 1 N–H and O–H groups in total. The molecule has 1 atom stereocenters. The van der Waals surface area contributed by atoms with E-state index in [1.165, 1.54) is 0 Å². The summed E-state index contributed by atoms with van der Waals surface area (Å²) in [5, 5.41) is 3.27. The van der Waals surface area contributed by atoms with Gasteiger partial charge in [-0.1, -0.05) is 0 Å². The first-order valence-corrected chi connectivity index (χ1v) is 6.41. The summed E-state index contributed by atoms with van der Waals surface area (Å²) in [6.07, 6.45) is 0. The van der Waals surface area contributed by atoms with Gasteiger partial charge >= 0.3 is 0 Å². The molecular weight excluding hydrogens is 280 g/mol. The Balaban J connectivity index is 0.00000200. The van der Waals surface area contributed by atoms with Gasteiger partial charge in [0, 0.05) is 31.7 Å². The van der Waals surface area contributed by atoms with Gasteiger partial charge in [0.15, 0.2) is 0 Å². The number of benzene rings is 1. The third-order valence-corrected chi connectivity index (χ3v) is 3.40. The molecule has 2 rings (SSSR count). The highest BCUT2D eigenvalue weighted by Crippen LogP contribution is 2.26. The third kappa shape index (κ3) is 3.35. The van der Waals surface area contributed by atoms with Crippen LogP contribution in [-0.4, -0.2) is 50.7 Å². The molecule has 1 heterocycles. The first-order valence-electron chi connectivity index (χ1n) is 6.41. The molecule has 1 aromatic carbocycles. The lowest BCUT2D eigenvalue weighted by atomic mass is 10.1. The van der Waals surface area contributed by atoms with Crippen LogP contribution in [0, 0.1) is 0 Å². The normalized spacial score (nSPS) is 18.1. The van der Waals surface area contributed by atoms with Crippen LogP contribution in [0.15, 0.2) is 18.2 Å². The number of hydrogen-bond donors (Lipinski definition) is 1. The maximum absolute atomic E-state index is 12.6. The van der Waals surface area contributed by atoms with Gasteiger partial charge in [0.1, 0.15) is 11.5 Å². The Morgan fingerprint density at radius 2 is 2.10 bits per heavy atom. The number of methoxy groups -OCH3 is 2. The van der Waals surface area contributed by atoms with Gasteiger partial charge in [-0.05, 0) is 19.1 Å². The van der Waals surface area contributed by atoms with Crippen molar-refractivity contribution in [1.29, 1.82) is 0 Å². The first-order chi connectivity index (χ1) is 9.17. The van der Waals surface area contributed by atoms with Crippen molar-refractivity contribution in [2.75, 3.05) is 33.9 Å². The second-order valence-corrected chi connectivity index (χ2v) is 4.62. The molecule has 1 aliphatic rings. The zero-order valence-corrected chi connectivity index (χ0v) is 12.8. The van der Waals surface area contributed by atoms with Gasteiger partial charge in [-0.15, -0.1) is 12.4 Å². The Bertz CT molecular complexity index is 468. The van der Waals surface area contributed by atoms with Gasteiger partial charge in [0.05, 0.1) is 19.8 Å². The SMILES string of the molecule is COc1ccc(C(=O)N2CCNC[C@@H]2C)c(OC)c1.Cl. The van der Waals surface area contributed by atoms with Crippen LogP contribution in [-0.2, 0) is 0 Å². The number of rotatable bonds is 3. The van der Waals surface area contributed by atoms with Crippen LogP contribution in [0.4, 0.5) is 0 Å². The number of amides is 1. The Morgan fingerprint density at radius 1 is 1.35 bits per heavy atom. The quantitative estimate of drug-likeness (QED) is 0.920. The molecule has 1 amide bonds. The summed E-state index contributed by atoms with van der Waals surface area (Å²) >= 11 is 0. The van der Waals surface area contributed by atoms with Gasteiger partial charge in [-0.2, -0.15) is 0 Å². The zero-order valence-electron chi connectivity index (χ0n) is 12.0. The molecule has 0 radical (unpaired) electrons. The number of ether oxygens (including phenoxy) is 2. The fourth-order valence-electron chi connectivity index (χ4n) is 2.27. The van der Waals surface area contributed by atoms with Crippen LogP contribution in [0.3, 0.4) is 0 Å². The van der Waals surface area contributed by atoms with Crippen LogP contribution < -0.4 is 14.8 Å². The summed E-state index contributed by atoms with van der Waals surface area (Å²) < 4.78 is 10.4. The average Bonchev–Trinajstić information content (AvgIpc) is 2.46. The van der Waals surface area contributed by atoms with Crippen molar-refractivity contribution >= 4 is 18.3 Å². The van der Waals surface area contributed by atoms with Crippen molar-refractivity contribution in [2.45, 2.75) is 13.0 Å². The van der Waals surface area contributed by atoms with Crippen LogP contribution in [0.1, 0.15) is 17.3 Å². The molecule has 5 nitrogen and oxygen atoms in total. The Kier molecular flexibility index (Phi) is 6.10. The Hall–Kier alpha value is -1.46. The molecule has 0 aromatic heterocycles. The lowest BCUT2D eigenvalue weighted by molar-refractivity contribution is 0.0652. The van der Waals surface area contributed by atoms with Crippen molar-refractivity contribution in [1.82, 2.24) is 10.2 Å². The number of piperazine rings is 1. The van der Waals surface area contributed by atoms with Gasteiger partial charge in [0.2, 0.25) is 0 Å². The average molecular weight is 301 g/mol. The fourth-order valence-corrected chi connectivity index (χ4v) is 2.27. The van der Waals surface area contributed by atoms with Gasteiger partial charge in [0.25, 0.3) is 5.91 Å². The van der Waals surface area contributed by atoms with E-state index in [1.807, 2.05) is 11.8 Å². The molecule has 0 aliphatic carbocycles.